The highest BCUT2D eigenvalue weighted by molar-refractivity contribution is 9.10. The molecule has 1 saturated heterocycles. The van der Waals surface area contributed by atoms with Gasteiger partial charge in [-0.25, -0.2) is 9.97 Å². The molecule has 2 heterocycles. The molecule has 1 aromatic rings. The number of likely N-dealkylation sites (N-methyl/N-ethyl adjacent to an activating group) is 1. The summed E-state index contributed by atoms with van der Waals surface area (Å²) in [7, 11) is 2.19. The van der Waals surface area contributed by atoms with Gasteiger partial charge in [0, 0.05) is 30.6 Å². The molecule has 0 aliphatic carbocycles. The molecule has 20 heavy (non-hydrogen) atoms. The SMILES string of the molecule is CC1CN(C)CCCN1c1cc(Br)nc(C(C)(C)C)n1. The lowest BCUT2D eigenvalue weighted by atomic mass is 9.96. The van der Waals surface area contributed by atoms with Gasteiger partial charge >= 0.3 is 0 Å². The molecule has 1 atom stereocenters. The van der Waals surface area contributed by atoms with Crippen LogP contribution in [0.4, 0.5) is 5.82 Å². The molecule has 0 bridgehead atoms. The normalized spacial score (nSPS) is 21.9. The van der Waals surface area contributed by atoms with Gasteiger partial charge < -0.3 is 9.80 Å². The van der Waals surface area contributed by atoms with E-state index in [9.17, 15) is 0 Å². The summed E-state index contributed by atoms with van der Waals surface area (Å²) in [4.78, 5) is 14.1. The standard InChI is InChI=1S/C15H25BrN4/c1-11-10-19(5)7-6-8-20(11)13-9-12(16)17-14(18-13)15(2,3)4/h9,11H,6-8,10H2,1-5H3. The first-order valence-electron chi connectivity index (χ1n) is 7.27. The van der Waals surface area contributed by atoms with E-state index in [1.165, 1.54) is 6.42 Å². The topological polar surface area (TPSA) is 32.3 Å². The van der Waals surface area contributed by atoms with Crippen molar-refractivity contribution >= 4 is 21.7 Å². The van der Waals surface area contributed by atoms with Gasteiger partial charge in [0.25, 0.3) is 0 Å². The van der Waals surface area contributed by atoms with Gasteiger partial charge in [-0.2, -0.15) is 0 Å². The molecule has 1 aromatic heterocycles. The van der Waals surface area contributed by atoms with Crippen molar-refractivity contribution in [1.29, 1.82) is 0 Å². The molecular formula is C15H25BrN4. The zero-order valence-electron chi connectivity index (χ0n) is 13.1. The third kappa shape index (κ3) is 3.70. The van der Waals surface area contributed by atoms with E-state index >= 15 is 0 Å². The molecule has 0 saturated carbocycles. The fourth-order valence-electron chi connectivity index (χ4n) is 2.60. The van der Waals surface area contributed by atoms with Crippen LogP contribution in [0.3, 0.4) is 0 Å². The summed E-state index contributed by atoms with van der Waals surface area (Å²) in [6, 6.07) is 2.51. The second kappa shape index (κ2) is 5.98. The van der Waals surface area contributed by atoms with Gasteiger partial charge in [-0.3, -0.25) is 0 Å². The minimum absolute atomic E-state index is 0.0373. The van der Waals surface area contributed by atoms with Crippen molar-refractivity contribution in [3.8, 4) is 0 Å². The fourth-order valence-corrected chi connectivity index (χ4v) is 2.97. The van der Waals surface area contributed by atoms with Crippen molar-refractivity contribution in [1.82, 2.24) is 14.9 Å². The van der Waals surface area contributed by atoms with Crippen LogP contribution in [0, 0.1) is 0 Å². The number of rotatable bonds is 1. The zero-order valence-corrected chi connectivity index (χ0v) is 14.7. The smallest absolute Gasteiger partial charge is 0.137 e. The second-order valence-electron chi connectivity index (χ2n) is 6.78. The van der Waals surface area contributed by atoms with Crippen molar-refractivity contribution in [2.75, 3.05) is 31.6 Å². The Labute approximate surface area is 130 Å². The van der Waals surface area contributed by atoms with Gasteiger partial charge in [0.15, 0.2) is 0 Å². The molecule has 0 radical (unpaired) electrons. The van der Waals surface area contributed by atoms with E-state index < -0.39 is 0 Å². The average Bonchev–Trinajstić information content (AvgIpc) is 2.48. The molecular weight excluding hydrogens is 316 g/mol. The highest BCUT2D eigenvalue weighted by atomic mass is 79.9. The number of nitrogens with zero attached hydrogens (tertiary/aromatic N) is 4. The largest absolute Gasteiger partial charge is 0.352 e. The Kier molecular flexibility index (Phi) is 4.69. The lowest BCUT2D eigenvalue weighted by Crippen LogP contribution is -2.38. The van der Waals surface area contributed by atoms with Gasteiger partial charge in [0.2, 0.25) is 0 Å². The molecule has 1 unspecified atom stereocenters. The summed E-state index contributed by atoms with van der Waals surface area (Å²) in [5, 5.41) is 0. The van der Waals surface area contributed by atoms with E-state index in [-0.39, 0.29) is 5.41 Å². The number of aromatic nitrogens is 2. The molecule has 2 rings (SSSR count). The summed E-state index contributed by atoms with van der Waals surface area (Å²) in [5.41, 5.74) is -0.0373. The van der Waals surface area contributed by atoms with E-state index in [1.807, 2.05) is 6.07 Å². The summed E-state index contributed by atoms with van der Waals surface area (Å²) in [5.74, 6) is 1.94. The molecule has 5 heteroatoms. The van der Waals surface area contributed by atoms with Gasteiger partial charge in [-0.1, -0.05) is 20.8 Å². The summed E-state index contributed by atoms with van der Waals surface area (Å²) >= 11 is 3.54. The van der Waals surface area contributed by atoms with Crippen LogP contribution in [-0.2, 0) is 5.41 Å². The Morgan fingerprint density at radius 2 is 1.95 bits per heavy atom. The van der Waals surface area contributed by atoms with Crippen molar-refractivity contribution in [2.24, 2.45) is 0 Å². The van der Waals surface area contributed by atoms with Crippen LogP contribution in [0.2, 0.25) is 0 Å². The van der Waals surface area contributed by atoms with E-state index in [0.717, 1.165) is 35.9 Å². The Morgan fingerprint density at radius 3 is 2.60 bits per heavy atom. The van der Waals surface area contributed by atoms with Gasteiger partial charge in [0.1, 0.15) is 16.2 Å². The van der Waals surface area contributed by atoms with Crippen LogP contribution in [0.25, 0.3) is 0 Å². The molecule has 0 spiro atoms. The van der Waals surface area contributed by atoms with E-state index in [2.05, 4.69) is 65.5 Å². The zero-order chi connectivity index (χ0) is 14.9. The first-order chi connectivity index (χ1) is 9.27. The molecule has 0 N–H and O–H groups in total. The number of anilines is 1. The Bertz CT molecular complexity index is 469. The van der Waals surface area contributed by atoms with E-state index in [1.54, 1.807) is 0 Å². The maximum absolute atomic E-state index is 4.81. The quantitative estimate of drug-likeness (QED) is 0.735. The summed E-state index contributed by atoms with van der Waals surface area (Å²) in [6.45, 7) is 12.0. The molecule has 4 nitrogen and oxygen atoms in total. The number of hydrogen-bond acceptors (Lipinski definition) is 4. The molecule has 112 valence electrons. The van der Waals surface area contributed by atoms with Crippen LogP contribution in [0.15, 0.2) is 10.7 Å². The molecule has 1 aliphatic rings. The van der Waals surface area contributed by atoms with Crippen molar-refractivity contribution < 1.29 is 0 Å². The first kappa shape index (κ1) is 15.7. The van der Waals surface area contributed by atoms with Crippen molar-refractivity contribution in [3.05, 3.63) is 16.5 Å². The lowest BCUT2D eigenvalue weighted by Gasteiger charge is -2.30. The molecule has 1 fully saturated rings. The van der Waals surface area contributed by atoms with Crippen LogP contribution in [0.5, 0.6) is 0 Å². The number of hydrogen-bond donors (Lipinski definition) is 0. The van der Waals surface area contributed by atoms with Gasteiger partial charge in [-0.05, 0) is 42.9 Å². The lowest BCUT2D eigenvalue weighted by molar-refractivity contribution is 0.337. The average molecular weight is 341 g/mol. The monoisotopic (exact) mass is 340 g/mol. The summed E-state index contributed by atoms with van der Waals surface area (Å²) < 4.78 is 0.872. The second-order valence-corrected chi connectivity index (χ2v) is 7.59. The van der Waals surface area contributed by atoms with E-state index in [4.69, 9.17) is 4.98 Å². The Balaban J connectivity index is 2.34. The first-order valence-corrected chi connectivity index (χ1v) is 8.07. The van der Waals surface area contributed by atoms with Gasteiger partial charge in [-0.15, -0.1) is 0 Å². The highest BCUT2D eigenvalue weighted by Crippen LogP contribution is 2.26. The summed E-state index contributed by atoms with van der Waals surface area (Å²) in [6.07, 6.45) is 1.17. The minimum atomic E-state index is -0.0373. The molecule has 1 aliphatic heterocycles. The fraction of sp³-hybridized carbons (Fsp3) is 0.733. The number of halogens is 1. The third-order valence-corrected chi connectivity index (χ3v) is 4.10. The third-order valence-electron chi connectivity index (χ3n) is 3.69. The predicted molar refractivity (Wildman–Crippen MR) is 87.4 cm³/mol. The maximum atomic E-state index is 4.81. The molecule has 0 aromatic carbocycles. The van der Waals surface area contributed by atoms with Crippen LogP contribution >= 0.6 is 15.9 Å². The van der Waals surface area contributed by atoms with Crippen molar-refractivity contribution in [3.63, 3.8) is 0 Å². The minimum Gasteiger partial charge on any atom is -0.352 e. The van der Waals surface area contributed by atoms with Crippen LogP contribution in [-0.4, -0.2) is 47.6 Å². The molecule has 0 amide bonds. The highest BCUT2D eigenvalue weighted by Gasteiger charge is 2.24. The Hall–Kier alpha value is -0.680. The maximum Gasteiger partial charge on any atom is 0.137 e. The van der Waals surface area contributed by atoms with Crippen LogP contribution in [0.1, 0.15) is 39.9 Å². The van der Waals surface area contributed by atoms with Crippen LogP contribution < -0.4 is 4.90 Å². The van der Waals surface area contributed by atoms with Gasteiger partial charge in [0.05, 0.1) is 0 Å². The predicted octanol–water partition coefficient (Wildman–Crippen LogP) is 3.07. The Morgan fingerprint density at radius 1 is 1.25 bits per heavy atom. The van der Waals surface area contributed by atoms with E-state index in [0.29, 0.717) is 6.04 Å². The van der Waals surface area contributed by atoms with Crippen molar-refractivity contribution in [2.45, 2.75) is 45.6 Å².